The van der Waals surface area contributed by atoms with Gasteiger partial charge in [0.05, 0.1) is 13.0 Å². The average molecular weight is 296 g/mol. The smallest absolute Gasteiger partial charge is 0.304 e. The first kappa shape index (κ1) is 17.1. The molecule has 0 aromatic heterocycles. The molecule has 116 valence electrons. The van der Waals surface area contributed by atoms with E-state index in [-0.39, 0.29) is 30.7 Å². The Kier molecular flexibility index (Phi) is 6.30. The Morgan fingerprint density at radius 2 is 2.05 bits per heavy atom. The van der Waals surface area contributed by atoms with E-state index in [1.807, 2.05) is 13.8 Å². The van der Waals surface area contributed by atoms with E-state index in [0.717, 1.165) is 0 Å². The number of aryl methyl sites for hydroxylation is 1. The van der Waals surface area contributed by atoms with Crippen LogP contribution in [0.25, 0.3) is 0 Å². The Labute approximate surface area is 123 Å². The third kappa shape index (κ3) is 5.91. The molecule has 5 nitrogen and oxygen atoms in total. The molecule has 1 amide bonds. The maximum absolute atomic E-state index is 13.4. The molecule has 0 unspecified atom stereocenters. The van der Waals surface area contributed by atoms with Crippen LogP contribution in [0.3, 0.4) is 0 Å². The van der Waals surface area contributed by atoms with E-state index in [1.54, 1.807) is 24.0 Å². The fraction of sp³-hybridized carbons (Fsp3) is 0.467. The number of carbonyl (C=O) groups excluding carboxylic acids is 1. The van der Waals surface area contributed by atoms with Crippen molar-refractivity contribution in [1.29, 1.82) is 0 Å². The lowest BCUT2D eigenvalue weighted by atomic mass is 10.2. The van der Waals surface area contributed by atoms with Crippen molar-refractivity contribution in [1.82, 2.24) is 4.90 Å². The summed E-state index contributed by atoms with van der Waals surface area (Å²) in [5, 5.41) is 11.3. The summed E-state index contributed by atoms with van der Waals surface area (Å²) < 4.78 is 13.4. The number of halogens is 1. The number of hydrogen-bond acceptors (Lipinski definition) is 3. The summed E-state index contributed by atoms with van der Waals surface area (Å²) in [5.74, 6) is -1.57. The predicted octanol–water partition coefficient (Wildman–Crippen LogP) is 2.26. The van der Waals surface area contributed by atoms with Gasteiger partial charge in [0, 0.05) is 18.3 Å². The number of amides is 1. The number of hydrogen-bond donors (Lipinski definition) is 2. The van der Waals surface area contributed by atoms with Gasteiger partial charge in [-0.3, -0.25) is 14.5 Å². The van der Waals surface area contributed by atoms with Gasteiger partial charge in [0.2, 0.25) is 5.91 Å². The van der Waals surface area contributed by atoms with Gasteiger partial charge in [-0.25, -0.2) is 4.39 Å². The van der Waals surface area contributed by atoms with Crippen LogP contribution in [0.2, 0.25) is 0 Å². The van der Waals surface area contributed by atoms with E-state index in [9.17, 15) is 14.0 Å². The van der Waals surface area contributed by atoms with E-state index in [1.165, 1.54) is 6.07 Å². The van der Waals surface area contributed by atoms with Crippen LogP contribution in [0, 0.1) is 12.7 Å². The normalized spacial score (nSPS) is 11.0. The molecule has 21 heavy (non-hydrogen) atoms. The molecule has 0 fully saturated rings. The lowest BCUT2D eigenvalue weighted by molar-refractivity contribution is -0.137. The second-order valence-corrected chi connectivity index (χ2v) is 5.22. The highest BCUT2D eigenvalue weighted by molar-refractivity contribution is 5.92. The van der Waals surface area contributed by atoms with Crippen LogP contribution in [0.15, 0.2) is 18.2 Å². The first-order chi connectivity index (χ1) is 9.79. The van der Waals surface area contributed by atoms with Crippen molar-refractivity contribution >= 4 is 17.6 Å². The molecule has 0 bridgehead atoms. The standard InChI is InChI=1S/C15H21FN2O3/c1-10(2)18(7-6-15(20)21)9-14(19)17-12-5-4-11(3)13(16)8-12/h4-5,8,10H,6-7,9H2,1-3H3,(H,17,19)(H,20,21). The Balaban J connectivity index is 2.60. The van der Waals surface area contributed by atoms with Crippen molar-refractivity contribution in [3.8, 4) is 0 Å². The fourth-order valence-electron chi connectivity index (χ4n) is 1.81. The molecule has 0 aliphatic heterocycles. The van der Waals surface area contributed by atoms with Gasteiger partial charge < -0.3 is 10.4 Å². The number of rotatable bonds is 7. The fourth-order valence-corrected chi connectivity index (χ4v) is 1.81. The molecule has 0 saturated heterocycles. The summed E-state index contributed by atoms with van der Waals surface area (Å²) in [6.07, 6.45) is -0.0232. The average Bonchev–Trinajstić information content (AvgIpc) is 2.38. The van der Waals surface area contributed by atoms with Crippen LogP contribution in [0.1, 0.15) is 25.8 Å². The molecule has 1 rings (SSSR count). The Morgan fingerprint density at radius 3 is 2.57 bits per heavy atom. The molecule has 1 aromatic carbocycles. The van der Waals surface area contributed by atoms with Crippen molar-refractivity contribution in [2.45, 2.75) is 33.2 Å². The van der Waals surface area contributed by atoms with Crippen LogP contribution in [0.5, 0.6) is 0 Å². The zero-order valence-electron chi connectivity index (χ0n) is 12.5. The maximum atomic E-state index is 13.4. The topological polar surface area (TPSA) is 69.6 Å². The van der Waals surface area contributed by atoms with Gasteiger partial charge in [-0.2, -0.15) is 0 Å². The largest absolute Gasteiger partial charge is 0.481 e. The third-order valence-corrected chi connectivity index (χ3v) is 3.15. The van der Waals surface area contributed by atoms with E-state index in [2.05, 4.69) is 5.32 Å². The summed E-state index contributed by atoms with van der Waals surface area (Å²) in [4.78, 5) is 24.3. The third-order valence-electron chi connectivity index (χ3n) is 3.15. The zero-order valence-corrected chi connectivity index (χ0v) is 12.5. The van der Waals surface area contributed by atoms with Crippen LogP contribution in [0.4, 0.5) is 10.1 Å². The Bertz CT molecular complexity index is 518. The molecule has 0 heterocycles. The summed E-state index contributed by atoms with van der Waals surface area (Å²) in [6, 6.07) is 4.54. The molecule has 0 aliphatic carbocycles. The summed E-state index contributed by atoms with van der Waals surface area (Å²) in [7, 11) is 0. The lowest BCUT2D eigenvalue weighted by Crippen LogP contribution is -2.39. The molecule has 0 atom stereocenters. The van der Waals surface area contributed by atoms with E-state index < -0.39 is 5.97 Å². The minimum atomic E-state index is -0.901. The van der Waals surface area contributed by atoms with E-state index in [0.29, 0.717) is 17.8 Å². The van der Waals surface area contributed by atoms with Gasteiger partial charge in [-0.05, 0) is 38.5 Å². The molecule has 0 saturated carbocycles. The number of carboxylic acid groups (broad SMARTS) is 1. The van der Waals surface area contributed by atoms with Gasteiger partial charge in [0.25, 0.3) is 0 Å². The van der Waals surface area contributed by atoms with E-state index >= 15 is 0 Å². The summed E-state index contributed by atoms with van der Waals surface area (Å²) in [6.45, 7) is 5.79. The highest BCUT2D eigenvalue weighted by atomic mass is 19.1. The molecule has 0 spiro atoms. The quantitative estimate of drug-likeness (QED) is 0.809. The zero-order chi connectivity index (χ0) is 16.0. The number of anilines is 1. The number of benzene rings is 1. The van der Waals surface area contributed by atoms with Crippen molar-refractivity contribution in [3.63, 3.8) is 0 Å². The number of carbonyl (C=O) groups is 2. The Morgan fingerprint density at radius 1 is 1.38 bits per heavy atom. The van der Waals surface area contributed by atoms with Gasteiger partial charge in [0.15, 0.2) is 0 Å². The maximum Gasteiger partial charge on any atom is 0.304 e. The van der Waals surface area contributed by atoms with Crippen LogP contribution >= 0.6 is 0 Å². The number of nitrogens with one attached hydrogen (secondary N) is 1. The van der Waals surface area contributed by atoms with E-state index in [4.69, 9.17) is 5.11 Å². The van der Waals surface area contributed by atoms with Gasteiger partial charge in [0.1, 0.15) is 5.82 Å². The minimum Gasteiger partial charge on any atom is -0.481 e. The van der Waals surface area contributed by atoms with Gasteiger partial charge >= 0.3 is 5.97 Å². The van der Waals surface area contributed by atoms with Crippen LogP contribution in [-0.2, 0) is 9.59 Å². The second kappa shape index (κ2) is 7.73. The molecule has 0 aliphatic rings. The summed E-state index contributed by atoms with van der Waals surface area (Å²) >= 11 is 0. The van der Waals surface area contributed by atoms with Crippen molar-refractivity contribution in [2.24, 2.45) is 0 Å². The first-order valence-electron chi connectivity index (χ1n) is 6.81. The lowest BCUT2D eigenvalue weighted by Gasteiger charge is -2.25. The van der Waals surface area contributed by atoms with Crippen molar-refractivity contribution < 1.29 is 19.1 Å². The van der Waals surface area contributed by atoms with Crippen molar-refractivity contribution in [2.75, 3.05) is 18.4 Å². The number of aliphatic carboxylic acids is 1. The monoisotopic (exact) mass is 296 g/mol. The highest BCUT2D eigenvalue weighted by Crippen LogP contribution is 2.13. The Hall–Kier alpha value is -1.95. The molecule has 6 heteroatoms. The van der Waals surface area contributed by atoms with Crippen LogP contribution in [-0.4, -0.2) is 41.0 Å². The number of carboxylic acids is 1. The molecule has 1 aromatic rings. The second-order valence-electron chi connectivity index (χ2n) is 5.22. The summed E-state index contributed by atoms with van der Waals surface area (Å²) in [5.41, 5.74) is 0.906. The van der Waals surface area contributed by atoms with Crippen LogP contribution < -0.4 is 5.32 Å². The SMILES string of the molecule is Cc1ccc(NC(=O)CN(CCC(=O)O)C(C)C)cc1F. The minimum absolute atomic E-state index is 0.0232. The predicted molar refractivity (Wildman–Crippen MR) is 78.7 cm³/mol. The first-order valence-corrected chi connectivity index (χ1v) is 6.81. The molecular formula is C15H21FN2O3. The molecule has 2 N–H and O–H groups in total. The van der Waals surface area contributed by atoms with Crippen molar-refractivity contribution in [3.05, 3.63) is 29.6 Å². The highest BCUT2D eigenvalue weighted by Gasteiger charge is 2.15. The van der Waals surface area contributed by atoms with Gasteiger partial charge in [-0.1, -0.05) is 6.07 Å². The number of nitrogens with zero attached hydrogens (tertiary/aromatic N) is 1. The molecular weight excluding hydrogens is 275 g/mol. The van der Waals surface area contributed by atoms with Gasteiger partial charge in [-0.15, -0.1) is 0 Å². The molecule has 0 radical (unpaired) electrons.